The summed E-state index contributed by atoms with van der Waals surface area (Å²) in [5.74, 6) is -0.382. The summed E-state index contributed by atoms with van der Waals surface area (Å²) >= 11 is 0. The minimum Gasteiger partial charge on any atom is -0.498 e. The van der Waals surface area contributed by atoms with Gasteiger partial charge >= 0.3 is 0 Å². The van der Waals surface area contributed by atoms with Crippen LogP contribution in [0.15, 0.2) is 35.6 Å². The van der Waals surface area contributed by atoms with Gasteiger partial charge in [0.25, 0.3) is 0 Å². The molecule has 0 aromatic carbocycles. The molecule has 2 unspecified atom stereocenters. The lowest BCUT2D eigenvalue weighted by molar-refractivity contribution is -0.104. The highest BCUT2D eigenvalue weighted by Gasteiger charge is 2.32. The van der Waals surface area contributed by atoms with Crippen molar-refractivity contribution in [2.45, 2.75) is 83.8 Å². The third-order valence-electron chi connectivity index (χ3n) is 6.50. The molecular weight excluding hydrogens is 374 g/mol. The summed E-state index contributed by atoms with van der Waals surface area (Å²) in [5, 5.41) is 0. The van der Waals surface area contributed by atoms with Crippen LogP contribution in [0.3, 0.4) is 0 Å². The molecule has 1 aliphatic heterocycles. The average Bonchev–Trinajstić information content (AvgIpc) is 2.77. The third-order valence-corrected chi connectivity index (χ3v) is 6.50. The van der Waals surface area contributed by atoms with Crippen LogP contribution in [0.4, 0.5) is 8.78 Å². The molecule has 0 N–H and O–H groups in total. The van der Waals surface area contributed by atoms with Crippen molar-refractivity contribution in [3.8, 4) is 0 Å². The van der Waals surface area contributed by atoms with Gasteiger partial charge < -0.3 is 14.2 Å². The van der Waals surface area contributed by atoms with Crippen LogP contribution in [0.5, 0.6) is 0 Å². The van der Waals surface area contributed by atoms with E-state index >= 15 is 0 Å². The van der Waals surface area contributed by atoms with Crippen LogP contribution in [0, 0.1) is 11.8 Å². The fraction of sp³-hybridized carbons (Fsp3) is 0.750. The van der Waals surface area contributed by atoms with Crippen LogP contribution < -0.4 is 0 Å². The Balaban J connectivity index is 1.76. The van der Waals surface area contributed by atoms with E-state index in [0.29, 0.717) is 30.6 Å². The Labute approximate surface area is 175 Å². The maximum Gasteiger partial charge on any atom is 0.196 e. The van der Waals surface area contributed by atoms with Gasteiger partial charge in [-0.2, -0.15) is 0 Å². The maximum absolute atomic E-state index is 14.3. The second-order valence-electron chi connectivity index (χ2n) is 8.37. The summed E-state index contributed by atoms with van der Waals surface area (Å²) in [5.41, 5.74) is 0.318. The van der Waals surface area contributed by atoms with Crippen LogP contribution >= 0.6 is 0 Å². The predicted molar refractivity (Wildman–Crippen MR) is 113 cm³/mol. The van der Waals surface area contributed by atoms with Gasteiger partial charge in [-0.3, -0.25) is 0 Å². The van der Waals surface area contributed by atoms with E-state index in [1.165, 1.54) is 46.1 Å². The molecule has 1 saturated heterocycles. The fourth-order valence-corrected chi connectivity index (χ4v) is 4.39. The van der Waals surface area contributed by atoms with Crippen molar-refractivity contribution in [1.29, 1.82) is 0 Å². The van der Waals surface area contributed by atoms with Gasteiger partial charge in [-0.1, -0.05) is 25.8 Å². The van der Waals surface area contributed by atoms with E-state index in [4.69, 9.17) is 14.2 Å². The smallest absolute Gasteiger partial charge is 0.196 e. The summed E-state index contributed by atoms with van der Waals surface area (Å²) < 4.78 is 45.1. The monoisotopic (exact) mass is 412 g/mol. The largest absolute Gasteiger partial charge is 0.498 e. The van der Waals surface area contributed by atoms with Gasteiger partial charge in [0.05, 0.1) is 32.5 Å². The highest BCUT2D eigenvalue weighted by atomic mass is 19.2. The number of ether oxygens (including phenoxy) is 3. The van der Waals surface area contributed by atoms with Crippen LogP contribution in [-0.2, 0) is 14.2 Å². The van der Waals surface area contributed by atoms with Crippen LogP contribution in [0.1, 0.15) is 71.6 Å². The minimum absolute atomic E-state index is 0.0555. The third kappa shape index (κ3) is 7.21. The van der Waals surface area contributed by atoms with Crippen LogP contribution in [-0.4, -0.2) is 32.5 Å². The van der Waals surface area contributed by atoms with Gasteiger partial charge in [0.2, 0.25) is 0 Å². The van der Waals surface area contributed by atoms with Gasteiger partial charge in [-0.05, 0) is 69.3 Å². The fourth-order valence-electron chi connectivity index (χ4n) is 4.39. The first-order chi connectivity index (χ1) is 14.0. The number of hydrogen-bond donors (Lipinski definition) is 0. The van der Waals surface area contributed by atoms with E-state index in [-0.39, 0.29) is 18.5 Å². The SMILES string of the molecule is C=CCCC1CCC(C2CCC(OC/C(CC)=C(F)/C(F)=C(\C)OC)CO2)CC1. The first kappa shape index (κ1) is 24.1. The molecule has 166 valence electrons. The van der Waals surface area contributed by atoms with Gasteiger partial charge in [-0.25, -0.2) is 8.78 Å². The second kappa shape index (κ2) is 12.5. The Bertz CT molecular complexity index is 569. The van der Waals surface area contributed by atoms with Crippen molar-refractivity contribution in [3.05, 3.63) is 35.6 Å². The summed E-state index contributed by atoms with van der Waals surface area (Å²) in [4.78, 5) is 0. The van der Waals surface area contributed by atoms with Gasteiger partial charge in [0.15, 0.2) is 11.7 Å². The van der Waals surface area contributed by atoms with E-state index in [1.54, 1.807) is 6.92 Å². The molecule has 0 aromatic heterocycles. The van der Waals surface area contributed by atoms with Crippen LogP contribution in [0.25, 0.3) is 0 Å². The quantitative estimate of drug-likeness (QED) is 0.224. The van der Waals surface area contributed by atoms with E-state index < -0.39 is 11.7 Å². The molecule has 2 atom stereocenters. The molecule has 0 amide bonds. The summed E-state index contributed by atoms with van der Waals surface area (Å²) in [6, 6.07) is 0. The van der Waals surface area contributed by atoms with E-state index in [1.807, 2.05) is 6.08 Å². The average molecular weight is 413 g/mol. The standard InChI is InChI=1S/C24H38F2O3/c1-5-7-8-18-9-11-20(12-10-18)22-14-13-21(16-29-22)28-15-19(6-2)24(26)23(25)17(3)27-4/h5,18,20-22H,1,6-16H2,2-4H3/b23-17-,24-19-. The molecule has 0 aromatic rings. The molecule has 0 radical (unpaired) electrons. The second-order valence-corrected chi connectivity index (χ2v) is 8.37. The molecule has 0 bridgehead atoms. The van der Waals surface area contributed by atoms with Crippen molar-refractivity contribution in [1.82, 2.24) is 0 Å². The number of methoxy groups -OCH3 is 1. The molecule has 1 heterocycles. The van der Waals surface area contributed by atoms with Crippen molar-refractivity contribution in [3.63, 3.8) is 0 Å². The highest BCUT2D eigenvalue weighted by molar-refractivity contribution is 5.27. The number of hydrogen-bond acceptors (Lipinski definition) is 3. The number of allylic oxidation sites excluding steroid dienone is 4. The first-order valence-electron chi connectivity index (χ1n) is 11.1. The summed E-state index contributed by atoms with van der Waals surface area (Å²) in [7, 11) is 1.33. The normalized spacial score (nSPS) is 29.7. The van der Waals surface area contributed by atoms with Crippen LogP contribution in [0.2, 0.25) is 0 Å². The molecule has 29 heavy (non-hydrogen) atoms. The Kier molecular flexibility index (Phi) is 10.4. The summed E-state index contributed by atoms with van der Waals surface area (Å²) in [6.45, 7) is 7.65. The van der Waals surface area contributed by atoms with Gasteiger partial charge in [-0.15, -0.1) is 6.58 Å². The lowest BCUT2D eigenvalue weighted by Gasteiger charge is -2.37. The van der Waals surface area contributed by atoms with Crippen molar-refractivity contribution < 1.29 is 23.0 Å². The summed E-state index contributed by atoms with van der Waals surface area (Å²) in [6.07, 6.45) is 12.0. The zero-order valence-electron chi connectivity index (χ0n) is 18.4. The highest BCUT2D eigenvalue weighted by Crippen LogP contribution is 2.37. The number of halogens is 2. The van der Waals surface area contributed by atoms with Crippen molar-refractivity contribution in [2.75, 3.05) is 20.3 Å². The molecular formula is C24H38F2O3. The van der Waals surface area contributed by atoms with Gasteiger partial charge in [0.1, 0.15) is 5.76 Å². The van der Waals surface area contributed by atoms with E-state index in [0.717, 1.165) is 25.2 Å². The Morgan fingerprint density at radius 2 is 1.83 bits per heavy atom. The minimum atomic E-state index is -0.948. The Hall–Kier alpha value is -1.20. The topological polar surface area (TPSA) is 27.7 Å². The molecule has 5 heteroatoms. The number of rotatable bonds is 10. The van der Waals surface area contributed by atoms with Gasteiger partial charge in [0, 0.05) is 0 Å². The Morgan fingerprint density at radius 3 is 2.38 bits per heavy atom. The Morgan fingerprint density at radius 1 is 1.10 bits per heavy atom. The zero-order valence-corrected chi connectivity index (χ0v) is 18.4. The molecule has 3 nitrogen and oxygen atoms in total. The molecule has 2 rings (SSSR count). The van der Waals surface area contributed by atoms with E-state index in [9.17, 15) is 8.78 Å². The lowest BCUT2D eigenvalue weighted by Crippen LogP contribution is -2.37. The zero-order chi connectivity index (χ0) is 21.2. The predicted octanol–water partition coefficient (Wildman–Crippen LogP) is 6.80. The molecule has 2 fully saturated rings. The van der Waals surface area contributed by atoms with E-state index in [2.05, 4.69) is 6.58 Å². The molecule has 1 aliphatic carbocycles. The maximum atomic E-state index is 14.3. The lowest BCUT2D eigenvalue weighted by atomic mass is 9.76. The molecule has 2 aliphatic rings. The molecule has 0 spiro atoms. The van der Waals surface area contributed by atoms with Crippen molar-refractivity contribution >= 4 is 0 Å². The first-order valence-corrected chi connectivity index (χ1v) is 11.1. The molecule has 1 saturated carbocycles. The van der Waals surface area contributed by atoms with Crippen molar-refractivity contribution in [2.24, 2.45) is 11.8 Å².